The summed E-state index contributed by atoms with van der Waals surface area (Å²) in [5.74, 6) is 0. The standard InChI is InChI=1S/C9H20O2/c1-6-10-8(2)7-11-9(3,4)5/h8H,6-7H2,1-5H3. The molecule has 0 aliphatic rings. The Balaban J connectivity index is 3.38. The maximum atomic E-state index is 5.52. The van der Waals surface area contributed by atoms with E-state index in [1.165, 1.54) is 0 Å². The SMILES string of the molecule is CCOC(C)COC(C)(C)C. The molecule has 0 saturated heterocycles. The molecule has 0 heterocycles. The van der Waals surface area contributed by atoms with E-state index in [2.05, 4.69) is 0 Å². The molecule has 0 amide bonds. The van der Waals surface area contributed by atoms with Gasteiger partial charge in [-0.15, -0.1) is 0 Å². The van der Waals surface area contributed by atoms with Gasteiger partial charge in [0.05, 0.1) is 18.3 Å². The van der Waals surface area contributed by atoms with Crippen LogP contribution in [0.5, 0.6) is 0 Å². The van der Waals surface area contributed by atoms with Crippen LogP contribution in [0.2, 0.25) is 0 Å². The lowest BCUT2D eigenvalue weighted by molar-refractivity contribution is -0.0640. The van der Waals surface area contributed by atoms with E-state index in [9.17, 15) is 0 Å². The van der Waals surface area contributed by atoms with E-state index >= 15 is 0 Å². The van der Waals surface area contributed by atoms with Crippen LogP contribution >= 0.6 is 0 Å². The summed E-state index contributed by atoms with van der Waals surface area (Å²) in [5.41, 5.74) is -0.0502. The van der Waals surface area contributed by atoms with Gasteiger partial charge in [-0.1, -0.05) is 0 Å². The smallest absolute Gasteiger partial charge is 0.0780 e. The Morgan fingerprint density at radius 2 is 1.82 bits per heavy atom. The van der Waals surface area contributed by atoms with E-state index in [0.717, 1.165) is 6.61 Å². The Morgan fingerprint density at radius 1 is 1.27 bits per heavy atom. The highest BCUT2D eigenvalue weighted by atomic mass is 16.5. The van der Waals surface area contributed by atoms with Crippen LogP contribution in [0.15, 0.2) is 0 Å². The van der Waals surface area contributed by atoms with Gasteiger partial charge < -0.3 is 9.47 Å². The molecule has 0 aromatic carbocycles. The first-order chi connectivity index (χ1) is 4.95. The van der Waals surface area contributed by atoms with E-state index in [1.54, 1.807) is 0 Å². The third-order valence-corrected chi connectivity index (χ3v) is 1.20. The van der Waals surface area contributed by atoms with Gasteiger partial charge in [0, 0.05) is 6.61 Å². The van der Waals surface area contributed by atoms with Crippen molar-refractivity contribution in [2.45, 2.75) is 46.3 Å². The fourth-order valence-corrected chi connectivity index (χ4v) is 0.700. The molecule has 1 atom stereocenters. The topological polar surface area (TPSA) is 18.5 Å². The monoisotopic (exact) mass is 160 g/mol. The zero-order valence-electron chi connectivity index (χ0n) is 8.31. The summed E-state index contributed by atoms with van der Waals surface area (Å²) in [6.07, 6.45) is 0.208. The zero-order valence-corrected chi connectivity index (χ0v) is 8.31. The van der Waals surface area contributed by atoms with Gasteiger partial charge in [0.2, 0.25) is 0 Å². The van der Waals surface area contributed by atoms with E-state index in [4.69, 9.17) is 9.47 Å². The van der Waals surface area contributed by atoms with E-state index in [1.807, 2.05) is 34.6 Å². The molecule has 1 unspecified atom stereocenters. The maximum Gasteiger partial charge on any atom is 0.0780 e. The Labute approximate surface area is 69.9 Å². The highest BCUT2D eigenvalue weighted by Crippen LogP contribution is 2.07. The molecule has 0 saturated carbocycles. The lowest BCUT2D eigenvalue weighted by atomic mass is 10.2. The second-order valence-corrected chi connectivity index (χ2v) is 3.69. The molecule has 0 spiro atoms. The molecular formula is C9H20O2. The van der Waals surface area contributed by atoms with Gasteiger partial charge in [-0.25, -0.2) is 0 Å². The highest BCUT2D eigenvalue weighted by molar-refractivity contribution is 4.60. The minimum atomic E-state index is -0.0502. The van der Waals surface area contributed by atoms with Gasteiger partial charge >= 0.3 is 0 Å². The molecule has 11 heavy (non-hydrogen) atoms. The third kappa shape index (κ3) is 7.82. The van der Waals surface area contributed by atoms with Crippen LogP contribution in [0.1, 0.15) is 34.6 Å². The summed E-state index contributed by atoms with van der Waals surface area (Å²) in [5, 5.41) is 0. The fourth-order valence-electron chi connectivity index (χ4n) is 0.700. The van der Waals surface area contributed by atoms with Gasteiger partial charge in [0.1, 0.15) is 0 Å². The molecule has 2 heteroatoms. The summed E-state index contributed by atoms with van der Waals surface area (Å²) in [6, 6.07) is 0. The third-order valence-electron chi connectivity index (χ3n) is 1.20. The van der Waals surface area contributed by atoms with Crippen molar-refractivity contribution < 1.29 is 9.47 Å². The number of rotatable bonds is 4. The summed E-state index contributed by atoms with van der Waals surface area (Å²) in [7, 11) is 0. The van der Waals surface area contributed by atoms with Gasteiger partial charge in [0.15, 0.2) is 0 Å². The van der Waals surface area contributed by atoms with Gasteiger partial charge in [0.25, 0.3) is 0 Å². The number of ether oxygens (including phenoxy) is 2. The van der Waals surface area contributed by atoms with Crippen LogP contribution in [0.3, 0.4) is 0 Å². The van der Waals surface area contributed by atoms with Crippen molar-refractivity contribution in [1.82, 2.24) is 0 Å². The van der Waals surface area contributed by atoms with Gasteiger partial charge in [-0.3, -0.25) is 0 Å². The number of hydrogen-bond donors (Lipinski definition) is 0. The van der Waals surface area contributed by atoms with Crippen LogP contribution in [0, 0.1) is 0 Å². The Kier molecular flexibility index (Phi) is 4.69. The first-order valence-electron chi connectivity index (χ1n) is 4.21. The molecule has 0 radical (unpaired) electrons. The molecule has 0 aromatic heterocycles. The summed E-state index contributed by atoms with van der Waals surface area (Å²) in [6.45, 7) is 11.6. The molecule has 0 aliphatic heterocycles. The Bertz CT molecular complexity index is 94.2. The molecule has 68 valence electrons. The first kappa shape index (κ1) is 10.9. The highest BCUT2D eigenvalue weighted by Gasteiger charge is 2.11. The van der Waals surface area contributed by atoms with Crippen molar-refractivity contribution >= 4 is 0 Å². The largest absolute Gasteiger partial charge is 0.376 e. The molecule has 0 aromatic rings. The number of hydrogen-bond acceptors (Lipinski definition) is 2. The summed E-state index contributed by atoms with van der Waals surface area (Å²) < 4.78 is 10.8. The lowest BCUT2D eigenvalue weighted by Crippen LogP contribution is -2.26. The fraction of sp³-hybridized carbons (Fsp3) is 1.00. The Hall–Kier alpha value is -0.0800. The second kappa shape index (κ2) is 4.73. The van der Waals surface area contributed by atoms with Crippen molar-refractivity contribution in [2.24, 2.45) is 0 Å². The van der Waals surface area contributed by atoms with Crippen LogP contribution in [0.25, 0.3) is 0 Å². The summed E-state index contributed by atoms with van der Waals surface area (Å²) in [4.78, 5) is 0. The minimum absolute atomic E-state index is 0.0502. The average molecular weight is 160 g/mol. The van der Waals surface area contributed by atoms with Gasteiger partial charge in [-0.05, 0) is 34.6 Å². The molecular weight excluding hydrogens is 140 g/mol. The van der Waals surface area contributed by atoms with Crippen LogP contribution in [0.4, 0.5) is 0 Å². The van der Waals surface area contributed by atoms with E-state index in [0.29, 0.717) is 6.61 Å². The average Bonchev–Trinajstić information content (AvgIpc) is 1.83. The van der Waals surface area contributed by atoms with Crippen molar-refractivity contribution in [3.63, 3.8) is 0 Å². The molecule has 0 rings (SSSR count). The minimum Gasteiger partial charge on any atom is -0.376 e. The predicted octanol–water partition coefficient (Wildman–Crippen LogP) is 2.23. The first-order valence-corrected chi connectivity index (χ1v) is 4.21. The molecule has 0 N–H and O–H groups in total. The second-order valence-electron chi connectivity index (χ2n) is 3.69. The maximum absolute atomic E-state index is 5.52. The van der Waals surface area contributed by atoms with Crippen molar-refractivity contribution in [3.05, 3.63) is 0 Å². The molecule has 0 aliphatic carbocycles. The summed E-state index contributed by atoms with van der Waals surface area (Å²) >= 11 is 0. The Morgan fingerprint density at radius 3 is 2.18 bits per heavy atom. The lowest BCUT2D eigenvalue weighted by Gasteiger charge is -2.22. The van der Waals surface area contributed by atoms with E-state index in [-0.39, 0.29) is 11.7 Å². The molecule has 2 nitrogen and oxygen atoms in total. The van der Waals surface area contributed by atoms with Crippen molar-refractivity contribution in [2.75, 3.05) is 13.2 Å². The van der Waals surface area contributed by atoms with Crippen molar-refractivity contribution in [1.29, 1.82) is 0 Å². The van der Waals surface area contributed by atoms with Crippen LogP contribution in [-0.2, 0) is 9.47 Å². The zero-order chi connectivity index (χ0) is 8.91. The predicted molar refractivity (Wildman–Crippen MR) is 46.8 cm³/mol. The normalized spacial score (nSPS) is 15.0. The van der Waals surface area contributed by atoms with Crippen molar-refractivity contribution in [3.8, 4) is 0 Å². The van der Waals surface area contributed by atoms with Gasteiger partial charge in [-0.2, -0.15) is 0 Å². The van der Waals surface area contributed by atoms with Crippen LogP contribution in [-0.4, -0.2) is 24.9 Å². The molecule has 0 bridgehead atoms. The quantitative estimate of drug-likeness (QED) is 0.628. The van der Waals surface area contributed by atoms with E-state index < -0.39 is 0 Å². The molecule has 0 fully saturated rings. The van der Waals surface area contributed by atoms with Crippen LogP contribution < -0.4 is 0 Å².